The summed E-state index contributed by atoms with van der Waals surface area (Å²) in [4.78, 5) is 12.9. The first-order valence-corrected chi connectivity index (χ1v) is 5.17. The van der Waals surface area contributed by atoms with Crippen LogP contribution >= 0.6 is 0 Å². The van der Waals surface area contributed by atoms with Crippen molar-refractivity contribution < 1.29 is 19.4 Å². The van der Waals surface area contributed by atoms with E-state index in [4.69, 9.17) is 14.6 Å². The Hall–Kier alpha value is -0.650. The van der Waals surface area contributed by atoms with Crippen LogP contribution in [0.1, 0.15) is 13.8 Å². The van der Waals surface area contributed by atoms with E-state index in [9.17, 15) is 4.79 Å². The molecule has 3 unspecified atom stereocenters. The van der Waals surface area contributed by atoms with Crippen LogP contribution in [0.4, 0.5) is 0 Å². The maximum Gasteiger partial charge on any atom is 0.323 e. The first-order chi connectivity index (χ1) is 7.07. The number of nitrogens with zero attached hydrogens (tertiary/aromatic N) is 1. The summed E-state index contributed by atoms with van der Waals surface area (Å²) in [7, 11) is 1.64. The van der Waals surface area contributed by atoms with Crippen molar-refractivity contribution in [3.8, 4) is 0 Å². The van der Waals surface area contributed by atoms with Crippen molar-refractivity contribution >= 4 is 5.97 Å². The average molecular weight is 217 g/mol. The highest BCUT2D eigenvalue weighted by atomic mass is 16.5. The Balaban J connectivity index is 2.67. The fourth-order valence-corrected chi connectivity index (χ4v) is 1.78. The van der Waals surface area contributed by atoms with Crippen LogP contribution in [0.15, 0.2) is 0 Å². The third kappa shape index (κ3) is 2.90. The quantitative estimate of drug-likeness (QED) is 0.728. The lowest BCUT2D eigenvalue weighted by atomic mass is 10.1. The predicted octanol–water partition coefficient (Wildman–Crippen LogP) is 0.195. The Labute approximate surface area is 90.0 Å². The van der Waals surface area contributed by atoms with Gasteiger partial charge >= 0.3 is 5.97 Å². The van der Waals surface area contributed by atoms with Crippen LogP contribution in [0.25, 0.3) is 0 Å². The van der Waals surface area contributed by atoms with Gasteiger partial charge in [-0.05, 0) is 13.8 Å². The van der Waals surface area contributed by atoms with Gasteiger partial charge in [0.05, 0.1) is 19.3 Å². The first-order valence-electron chi connectivity index (χ1n) is 5.17. The molecule has 15 heavy (non-hydrogen) atoms. The van der Waals surface area contributed by atoms with E-state index in [0.29, 0.717) is 13.2 Å². The molecule has 0 saturated carbocycles. The van der Waals surface area contributed by atoms with Crippen LogP contribution in [0.5, 0.6) is 0 Å². The van der Waals surface area contributed by atoms with Crippen LogP contribution in [0.2, 0.25) is 0 Å². The van der Waals surface area contributed by atoms with Gasteiger partial charge in [-0.25, -0.2) is 0 Å². The highest BCUT2D eigenvalue weighted by Gasteiger charge is 2.34. The number of ether oxygens (including phenoxy) is 2. The van der Waals surface area contributed by atoms with E-state index in [2.05, 4.69) is 0 Å². The van der Waals surface area contributed by atoms with Crippen molar-refractivity contribution in [2.24, 2.45) is 0 Å². The molecule has 88 valence electrons. The van der Waals surface area contributed by atoms with E-state index in [0.717, 1.165) is 0 Å². The number of rotatable bonds is 4. The second-order valence-electron chi connectivity index (χ2n) is 3.85. The Bertz CT molecular complexity index is 221. The number of morpholine rings is 1. The maximum absolute atomic E-state index is 11.0. The molecule has 5 heteroatoms. The van der Waals surface area contributed by atoms with E-state index in [-0.39, 0.29) is 18.8 Å². The molecule has 0 bridgehead atoms. The lowest BCUT2D eigenvalue weighted by Gasteiger charge is -2.39. The van der Waals surface area contributed by atoms with Crippen molar-refractivity contribution in [2.75, 3.05) is 26.9 Å². The highest BCUT2D eigenvalue weighted by molar-refractivity contribution is 5.73. The molecule has 1 heterocycles. The molecule has 1 rings (SSSR count). The van der Waals surface area contributed by atoms with Gasteiger partial charge in [0.2, 0.25) is 0 Å². The van der Waals surface area contributed by atoms with Crippen molar-refractivity contribution in [3.63, 3.8) is 0 Å². The normalized spacial score (nSPS) is 27.3. The second kappa shape index (κ2) is 5.44. The second-order valence-corrected chi connectivity index (χ2v) is 3.85. The molecular formula is C10H19NO4. The summed E-state index contributed by atoms with van der Waals surface area (Å²) in [6, 6.07) is -0.466. The molecule has 0 spiro atoms. The molecule has 1 aliphatic rings. The summed E-state index contributed by atoms with van der Waals surface area (Å²) in [6.07, 6.45) is 0.0185. The standard InChI is InChI=1S/C10H19NO4/c1-7(8(2)14-3)11-4-5-15-6-9(11)10(12)13/h7-9H,4-6H2,1-3H3,(H,12,13). The van der Waals surface area contributed by atoms with Crippen LogP contribution in [0, 0.1) is 0 Å². The summed E-state index contributed by atoms with van der Waals surface area (Å²) in [6.45, 7) is 5.42. The zero-order valence-corrected chi connectivity index (χ0v) is 9.47. The van der Waals surface area contributed by atoms with Crippen molar-refractivity contribution in [3.05, 3.63) is 0 Å². The summed E-state index contributed by atoms with van der Waals surface area (Å²) in [5.41, 5.74) is 0. The van der Waals surface area contributed by atoms with Gasteiger partial charge < -0.3 is 14.6 Å². The lowest BCUT2D eigenvalue weighted by Crippen LogP contribution is -2.56. The SMILES string of the molecule is COC(C)C(C)N1CCOCC1C(=O)O. The van der Waals surface area contributed by atoms with Crippen LogP contribution in [-0.2, 0) is 14.3 Å². The van der Waals surface area contributed by atoms with Crippen LogP contribution in [-0.4, -0.2) is 61.0 Å². The smallest absolute Gasteiger partial charge is 0.323 e. The van der Waals surface area contributed by atoms with E-state index in [1.807, 2.05) is 18.7 Å². The van der Waals surface area contributed by atoms with Gasteiger partial charge in [-0.15, -0.1) is 0 Å². The van der Waals surface area contributed by atoms with Crippen LogP contribution in [0.3, 0.4) is 0 Å². The summed E-state index contributed by atoms with van der Waals surface area (Å²) >= 11 is 0. The molecule has 1 saturated heterocycles. The molecule has 0 aromatic heterocycles. The molecule has 5 nitrogen and oxygen atoms in total. The minimum Gasteiger partial charge on any atom is -0.480 e. The molecule has 1 fully saturated rings. The van der Waals surface area contributed by atoms with Crippen molar-refractivity contribution in [1.82, 2.24) is 4.90 Å². The minimum atomic E-state index is -0.829. The fraction of sp³-hybridized carbons (Fsp3) is 0.900. The van der Waals surface area contributed by atoms with Crippen LogP contribution < -0.4 is 0 Å². The van der Waals surface area contributed by atoms with Crippen molar-refractivity contribution in [2.45, 2.75) is 32.0 Å². The molecule has 0 aliphatic carbocycles. The van der Waals surface area contributed by atoms with E-state index in [1.165, 1.54) is 0 Å². The number of hydrogen-bond donors (Lipinski definition) is 1. The van der Waals surface area contributed by atoms with E-state index >= 15 is 0 Å². The Morgan fingerprint density at radius 2 is 2.27 bits per heavy atom. The summed E-state index contributed by atoms with van der Waals surface area (Å²) in [5, 5.41) is 9.05. The zero-order chi connectivity index (χ0) is 11.4. The monoisotopic (exact) mass is 217 g/mol. The molecule has 0 amide bonds. The Morgan fingerprint density at radius 3 is 2.80 bits per heavy atom. The van der Waals surface area contributed by atoms with Gasteiger partial charge in [0.15, 0.2) is 0 Å². The van der Waals surface area contributed by atoms with Crippen molar-refractivity contribution in [1.29, 1.82) is 0 Å². The largest absolute Gasteiger partial charge is 0.480 e. The topological polar surface area (TPSA) is 59.0 Å². The average Bonchev–Trinajstić information content (AvgIpc) is 2.27. The zero-order valence-electron chi connectivity index (χ0n) is 9.47. The first kappa shape index (κ1) is 12.4. The third-order valence-corrected chi connectivity index (χ3v) is 3.03. The maximum atomic E-state index is 11.0. The minimum absolute atomic E-state index is 0.0185. The molecular weight excluding hydrogens is 198 g/mol. The summed E-state index contributed by atoms with van der Waals surface area (Å²) < 4.78 is 10.4. The molecule has 1 N–H and O–H groups in total. The number of methoxy groups -OCH3 is 1. The molecule has 0 radical (unpaired) electrons. The van der Waals surface area contributed by atoms with Gasteiger partial charge in [0, 0.05) is 19.7 Å². The Kier molecular flexibility index (Phi) is 4.50. The number of aliphatic carboxylic acids is 1. The van der Waals surface area contributed by atoms with Gasteiger partial charge in [-0.3, -0.25) is 9.69 Å². The molecule has 0 aromatic rings. The highest BCUT2D eigenvalue weighted by Crippen LogP contribution is 2.15. The Morgan fingerprint density at radius 1 is 1.60 bits per heavy atom. The number of hydrogen-bond acceptors (Lipinski definition) is 4. The number of carboxylic acids is 1. The van der Waals surface area contributed by atoms with Gasteiger partial charge in [0.25, 0.3) is 0 Å². The van der Waals surface area contributed by atoms with Gasteiger partial charge in [-0.1, -0.05) is 0 Å². The molecule has 3 atom stereocenters. The van der Waals surface area contributed by atoms with Gasteiger partial charge in [0.1, 0.15) is 6.04 Å². The fourth-order valence-electron chi connectivity index (χ4n) is 1.78. The van der Waals surface area contributed by atoms with E-state index in [1.54, 1.807) is 7.11 Å². The predicted molar refractivity (Wildman–Crippen MR) is 54.9 cm³/mol. The molecule has 1 aliphatic heterocycles. The van der Waals surface area contributed by atoms with Gasteiger partial charge in [-0.2, -0.15) is 0 Å². The summed E-state index contributed by atoms with van der Waals surface area (Å²) in [5.74, 6) is -0.829. The number of carboxylic acid groups (broad SMARTS) is 1. The third-order valence-electron chi connectivity index (χ3n) is 3.03. The van der Waals surface area contributed by atoms with E-state index < -0.39 is 12.0 Å². The molecule has 0 aromatic carbocycles. The number of carbonyl (C=O) groups is 1. The lowest BCUT2D eigenvalue weighted by molar-refractivity contribution is -0.153.